The highest BCUT2D eigenvalue weighted by molar-refractivity contribution is 5.99. The number of rotatable bonds is 5. The molecule has 132 valence electrons. The van der Waals surface area contributed by atoms with Gasteiger partial charge in [-0.15, -0.1) is 0 Å². The molecule has 24 heavy (non-hydrogen) atoms. The van der Waals surface area contributed by atoms with Gasteiger partial charge in [0.2, 0.25) is 0 Å². The fourth-order valence-corrected chi connectivity index (χ4v) is 2.13. The minimum atomic E-state index is -4.48. The van der Waals surface area contributed by atoms with Crippen LogP contribution >= 0.6 is 0 Å². The van der Waals surface area contributed by atoms with Crippen molar-refractivity contribution in [2.45, 2.75) is 12.5 Å². The summed E-state index contributed by atoms with van der Waals surface area (Å²) in [4.78, 5) is 1.68. The summed E-state index contributed by atoms with van der Waals surface area (Å²) < 4.78 is 48.7. The molecule has 0 fully saturated rings. The summed E-state index contributed by atoms with van der Waals surface area (Å²) in [5, 5.41) is 15.0. The molecule has 0 bridgehead atoms. The summed E-state index contributed by atoms with van der Waals surface area (Å²) in [6.07, 6.45) is -2.71. The standard InChI is InChI=1S/C15H18F3N3O3/c1-20-9-21(5-4-13(22)24-3)19-14(20)10-6-11(15(16,17)18)8-12(7-10)23-2/h4-8,13,22H,9H2,1-3H3/b5-4-. The summed E-state index contributed by atoms with van der Waals surface area (Å²) in [5.74, 6) is 0.454. The summed E-state index contributed by atoms with van der Waals surface area (Å²) in [7, 11) is 4.35. The van der Waals surface area contributed by atoms with Gasteiger partial charge in [-0.2, -0.15) is 18.3 Å². The fraction of sp³-hybridized carbons (Fsp3) is 0.400. The van der Waals surface area contributed by atoms with Gasteiger partial charge in [-0.25, -0.2) is 0 Å². The summed E-state index contributed by atoms with van der Waals surface area (Å²) in [6.45, 7) is 0.320. The van der Waals surface area contributed by atoms with Crippen LogP contribution in [0.2, 0.25) is 0 Å². The van der Waals surface area contributed by atoms with Crippen molar-refractivity contribution in [2.24, 2.45) is 5.10 Å². The van der Waals surface area contributed by atoms with Gasteiger partial charge in [-0.3, -0.25) is 5.01 Å². The van der Waals surface area contributed by atoms with Crippen molar-refractivity contribution in [3.05, 3.63) is 41.6 Å². The molecule has 1 aromatic carbocycles. The van der Waals surface area contributed by atoms with Crippen molar-refractivity contribution >= 4 is 5.84 Å². The van der Waals surface area contributed by atoms with Crippen LogP contribution in [0.3, 0.4) is 0 Å². The molecular formula is C15H18F3N3O3. The quantitative estimate of drug-likeness (QED) is 0.828. The molecule has 1 unspecified atom stereocenters. The largest absolute Gasteiger partial charge is 0.497 e. The van der Waals surface area contributed by atoms with Crippen LogP contribution in [0.5, 0.6) is 5.75 Å². The van der Waals surface area contributed by atoms with Gasteiger partial charge < -0.3 is 19.5 Å². The first-order valence-corrected chi connectivity index (χ1v) is 6.97. The summed E-state index contributed by atoms with van der Waals surface area (Å²) >= 11 is 0. The Labute approximate surface area is 137 Å². The normalized spacial score (nSPS) is 16.7. The van der Waals surface area contributed by atoms with Crippen LogP contribution in [-0.2, 0) is 10.9 Å². The molecule has 0 saturated carbocycles. The zero-order valence-corrected chi connectivity index (χ0v) is 13.4. The van der Waals surface area contributed by atoms with Gasteiger partial charge in [-0.05, 0) is 24.3 Å². The Morgan fingerprint density at radius 3 is 2.58 bits per heavy atom. The second kappa shape index (κ2) is 7.10. The smallest absolute Gasteiger partial charge is 0.416 e. The Bertz CT molecular complexity index is 647. The van der Waals surface area contributed by atoms with Crippen LogP contribution in [0, 0.1) is 0 Å². The number of alkyl halides is 3. The van der Waals surface area contributed by atoms with Gasteiger partial charge >= 0.3 is 6.18 Å². The maximum absolute atomic E-state index is 13.0. The lowest BCUT2D eigenvalue weighted by Crippen LogP contribution is -2.26. The molecule has 1 atom stereocenters. The van der Waals surface area contributed by atoms with E-state index < -0.39 is 18.0 Å². The van der Waals surface area contributed by atoms with Crippen LogP contribution in [0.15, 0.2) is 35.6 Å². The number of methoxy groups -OCH3 is 2. The second-order valence-electron chi connectivity index (χ2n) is 5.12. The van der Waals surface area contributed by atoms with Crippen molar-refractivity contribution in [1.29, 1.82) is 0 Å². The first-order chi connectivity index (χ1) is 11.2. The van der Waals surface area contributed by atoms with Crippen LogP contribution < -0.4 is 4.74 Å². The van der Waals surface area contributed by atoms with E-state index in [0.717, 1.165) is 12.1 Å². The number of hydrogen-bond acceptors (Lipinski definition) is 6. The lowest BCUT2D eigenvalue weighted by atomic mass is 10.1. The Kier molecular flexibility index (Phi) is 5.35. The van der Waals surface area contributed by atoms with Crippen LogP contribution in [0.4, 0.5) is 13.2 Å². The molecule has 2 rings (SSSR count). The van der Waals surface area contributed by atoms with Gasteiger partial charge in [0.15, 0.2) is 12.1 Å². The molecule has 0 aliphatic carbocycles. The Morgan fingerprint density at radius 1 is 1.29 bits per heavy atom. The zero-order chi connectivity index (χ0) is 17.9. The maximum Gasteiger partial charge on any atom is 0.416 e. The molecule has 0 aromatic heterocycles. The van der Waals surface area contributed by atoms with Gasteiger partial charge in [0.05, 0.1) is 12.7 Å². The summed E-state index contributed by atoms with van der Waals surface area (Å²) in [5.41, 5.74) is -0.524. The molecule has 1 aliphatic rings. The van der Waals surface area contributed by atoms with E-state index in [0.29, 0.717) is 12.5 Å². The number of amidine groups is 1. The molecule has 1 aromatic rings. The van der Waals surface area contributed by atoms with E-state index >= 15 is 0 Å². The molecule has 6 nitrogen and oxygen atoms in total. The Hall–Kier alpha value is -2.26. The van der Waals surface area contributed by atoms with Crippen molar-refractivity contribution < 1.29 is 27.8 Å². The Morgan fingerprint density at radius 2 is 2.00 bits per heavy atom. The first-order valence-electron chi connectivity index (χ1n) is 6.97. The van der Waals surface area contributed by atoms with Gasteiger partial charge in [0.1, 0.15) is 12.4 Å². The fourth-order valence-electron chi connectivity index (χ4n) is 2.13. The predicted molar refractivity (Wildman–Crippen MR) is 81.2 cm³/mol. The van der Waals surface area contributed by atoms with E-state index in [1.54, 1.807) is 11.9 Å². The number of benzene rings is 1. The molecule has 1 aliphatic heterocycles. The maximum atomic E-state index is 13.0. The molecule has 0 radical (unpaired) electrons. The summed E-state index contributed by atoms with van der Waals surface area (Å²) in [6, 6.07) is 3.45. The van der Waals surface area contributed by atoms with Gasteiger partial charge in [0.25, 0.3) is 0 Å². The molecular weight excluding hydrogens is 327 g/mol. The van der Waals surface area contributed by atoms with Gasteiger partial charge in [0, 0.05) is 25.9 Å². The average molecular weight is 345 g/mol. The Balaban J connectivity index is 2.34. The molecule has 0 spiro atoms. The topological polar surface area (TPSA) is 57.5 Å². The van der Waals surface area contributed by atoms with Crippen molar-refractivity contribution in [3.63, 3.8) is 0 Å². The van der Waals surface area contributed by atoms with E-state index in [-0.39, 0.29) is 11.3 Å². The number of aliphatic hydroxyl groups is 1. The molecule has 1 heterocycles. The van der Waals surface area contributed by atoms with Crippen LogP contribution in [-0.4, -0.2) is 55.1 Å². The lowest BCUT2D eigenvalue weighted by molar-refractivity contribution is -0.137. The third-order valence-electron chi connectivity index (χ3n) is 3.33. The first kappa shape index (κ1) is 18.1. The highest BCUT2D eigenvalue weighted by Gasteiger charge is 2.32. The van der Waals surface area contributed by atoms with Crippen molar-refractivity contribution in [3.8, 4) is 5.75 Å². The van der Waals surface area contributed by atoms with E-state index in [1.165, 1.54) is 37.6 Å². The molecule has 0 amide bonds. The molecule has 1 N–H and O–H groups in total. The molecule has 0 saturated heterocycles. The van der Waals surface area contributed by atoms with Crippen LogP contribution in [0.25, 0.3) is 0 Å². The van der Waals surface area contributed by atoms with E-state index in [4.69, 9.17) is 4.74 Å². The number of nitrogens with zero attached hydrogens (tertiary/aromatic N) is 3. The number of aliphatic hydroxyl groups excluding tert-OH is 1. The predicted octanol–water partition coefficient (Wildman–Crippen LogP) is 2.06. The SMILES string of the molecule is COc1cc(C2=NN(/C=C\C(O)OC)CN2C)cc(C(F)(F)F)c1. The number of hydrogen-bond donors (Lipinski definition) is 1. The minimum absolute atomic E-state index is 0.0970. The minimum Gasteiger partial charge on any atom is -0.497 e. The van der Waals surface area contributed by atoms with Crippen molar-refractivity contribution in [1.82, 2.24) is 9.91 Å². The van der Waals surface area contributed by atoms with Crippen LogP contribution in [0.1, 0.15) is 11.1 Å². The van der Waals surface area contributed by atoms with Crippen molar-refractivity contribution in [2.75, 3.05) is 27.9 Å². The van der Waals surface area contributed by atoms with E-state index in [9.17, 15) is 18.3 Å². The lowest BCUT2D eigenvalue weighted by Gasteiger charge is -2.16. The number of halogens is 3. The average Bonchev–Trinajstić information content (AvgIpc) is 2.92. The number of ether oxygens (including phenoxy) is 2. The monoisotopic (exact) mass is 345 g/mol. The third kappa shape index (κ3) is 4.18. The highest BCUT2D eigenvalue weighted by Crippen LogP contribution is 2.33. The highest BCUT2D eigenvalue weighted by atomic mass is 19.4. The zero-order valence-electron chi connectivity index (χ0n) is 13.4. The van der Waals surface area contributed by atoms with E-state index in [2.05, 4.69) is 9.84 Å². The van der Waals surface area contributed by atoms with Gasteiger partial charge in [-0.1, -0.05) is 0 Å². The number of hydrazone groups is 1. The molecule has 9 heteroatoms. The third-order valence-corrected chi connectivity index (χ3v) is 3.33. The second-order valence-corrected chi connectivity index (χ2v) is 5.12. The van der Waals surface area contributed by atoms with E-state index in [1.807, 2.05) is 0 Å².